The normalized spacial score (nSPS) is 17.2. The molecule has 3 rings (SSSR count). The van der Waals surface area contributed by atoms with Gasteiger partial charge < -0.3 is 10.6 Å². The van der Waals surface area contributed by atoms with Crippen molar-refractivity contribution in [3.05, 3.63) is 40.3 Å². The Labute approximate surface area is 189 Å². The lowest BCUT2D eigenvalue weighted by molar-refractivity contribution is 0.140. The fourth-order valence-corrected chi connectivity index (χ4v) is 4.35. The van der Waals surface area contributed by atoms with Crippen LogP contribution in [0.3, 0.4) is 0 Å². The van der Waals surface area contributed by atoms with Crippen molar-refractivity contribution in [1.29, 1.82) is 0 Å². The van der Waals surface area contributed by atoms with E-state index in [4.69, 9.17) is 4.99 Å². The third-order valence-corrected chi connectivity index (χ3v) is 6.09. The van der Waals surface area contributed by atoms with Gasteiger partial charge >= 0.3 is 0 Å². The van der Waals surface area contributed by atoms with Crippen LogP contribution in [0.25, 0.3) is 0 Å². The summed E-state index contributed by atoms with van der Waals surface area (Å²) in [7, 11) is 1.93. The molecule has 6 nitrogen and oxygen atoms in total. The largest absolute Gasteiger partial charge is 0.357 e. The van der Waals surface area contributed by atoms with Crippen molar-refractivity contribution in [3.8, 4) is 0 Å². The monoisotopic (exact) mass is 516 g/mol. The molecule has 1 unspecified atom stereocenters. The number of rotatable bonds is 7. The topological polar surface area (TPSA) is 57.5 Å². The van der Waals surface area contributed by atoms with Gasteiger partial charge in [0.05, 0.1) is 18.8 Å². The van der Waals surface area contributed by atoms with Gasteiger partial charge in [0.2, 0.25) is 0 Å². The Kier molecular flexibility index (Phi) is 9.73. The van der Waals surface area contributed by atoms with Gasteiger partial charge in [0.25, 0.3) is 0 Å². The van der Waals surface area contributed by atoms with Crippen LogP contribution in [0.5, 0.6) is 0 Å². The van der Waals surface area contributed by atoms with Crippen LogP contribution in [0.2, 0.25) is 0 Å². The molecule has 1 saturated heterocycles. The average Bonchev–Trinajstić information content (AvgIpc) is 3.33. The van der Waals surface area contributed by atoms with Crippen LogP contribution >= 0.6 is 35.3 Å². The number of aryl methyl sites for hydroxylation is 1. The Morgan fingerprint density at radius 3 is 2.75 bits per heavy atom. The molecule has 156 valence electrons. The number of likely N-dealkylation sites (tertiary alicyclic amines) is 1. The maximum Gasteiger partial charge on any atom is 0.191 e. The fraction of sp³-hybridized carbons (Fsp3) is 0.600. The van der Waals surface area contributed by atoms with E-state index in [-0.39, 0.29) is 24.0 Å². The molecule has 1 aliphatic heterocycles. The third kappa shape index (κ3) is 6.73. The molecule has 3 heterocycles. The molecule has 1 aliphatic rings. The predicted molar refractivity (Wildman–Crippen MR) is 128 cm³/mol. The van der Waals surface area contributed by atoms with Crippen molar-refractivity contribution in [3.63, 3.8) is 0 Å². The Morgan fingerprint density at radius 2 is 2.14 bits per heavy atom. The zero-order valence-electron chi connectivity index (χ0n) is 17.1. The molecule has 0 aliphatic carbocycles. The summed E-state index contributed by atoms with van der Waals surface area (Å²) in [5.41, 5.74) is 1.12. The summed E-state index contributed by atoms with van der Waals surface area (Å²) in [5, 5.41) is 13.3. The summed E-state index contributed by atoms with van der Waals surface area (Å²) in [4.78, 5) is 8.79. The molecule has 2 aromatic heterocycles. The summed E-state index contributed by atoms with van der Waals surface area (Å²) >= 11 is 1.85. The molecule has 1 atom stereocenters. The number of aliphatic imine (C=N–C) groups is 1. The van der Waals surface area contributed by atoms with Gasteiger partial charge in [-0.1, -0.05) is 13.0 Å². The zero-order chi connectivity index (χ0) is 19.1. The number of hydrogen-bond donors (Lipinski definition) is 2. The number of nitrogens with one attached hydrogen (secondary N) is 2. The number of piperidine rings is 1. The highest BCUT2D eigenvalue weighted by Crippen LogP contribution is 2.29. The molecule has 0 saturated carbocycles. The molecule has 0 amide bonds. The number of aromatic nitrogens is 2. The lowest BCUT2D eigenvalue weighted by atomic mass is 9.97. The van der Waals surface area contributed by atoms with E-state index in [1.165, 1.54) is 30.8 Å². The number of guanidine groups is 1. The van der Waals surface area contributed by atoms with E-state index in [0.717, 1.165) is 30.5 Å². The molecule has 8 heteroatoms. The first-order valence-corrected chi connectivity index (χ1v) is 10.8. The highest BCUT2D eigenvalue weighted by molar-refractivity contribution is 14.0. The van der Waals surface area contributed by atoms with Crippen LogP contribution in [-0.4, -0.2) is 46.8 Å². The van der Waals surface area contributed by atoms with Gasteiger partial charge in [-0.15, -0.1) is 35.3 Å². The van der Waals surface area contributed by atoms with E-state index in [9.17, 15) is 0 Å². The minimum absolute atomic E-state index is 0. The van der Waals surface area contributed by atoms with E-state index < -0.39 is 0 Å². The summed E-state index contributed by atoms with van der Waals surface area (Å²) in [6.07, 6.45) is 6.46. The van der Waals surface area contributed by atoms with E-state index in [2.05, 4.69) is 52.0 Å². The molecular weight excluding hydrogens is 483 g/mol. The molecule has 1 fully saturated rings. The lowest BCUT2D eigenvalue weighted by Gasteiger charge is -2.36. The van der Waals surface area contributed by atoms with Gasteiger partial charge in [-0.3, -0.25) is 9.58 Å². The first kappa shape index (κ1) is 23.2. The Bertz CT molecular complexity index is 706. The predicted octanol–water partition coefficient (Wildman–Crippen LogP) is 3.63. The van der Waals surface area contributed by atoms with E-state index >= 15 is 0 Å². The van der Waals surface area contributed by atoms with Gasteiger partial charge in [0.15, 0.2) is 5.96 Å². The maximum atomic E-state index is 4.73. The molecular formula is C20H33IN6S. The summed E-state index contributed by atoms with van der Waals surface area (Å²) in [6, 6.07) is 4.82. The molecule has 2 aromatic rings. The van der Waals surface area contributed by atoms with Gasteiger partial charge in [-0.25, -0.2) is 4.99 Å². The smallest absolute Gasteiger partial charge is 0.191 e. The van der Waals surface area contributed by atoms with Crippen molar-refractivity contribution in [1.82, 2.24) is 25.3 Å². The second-order valence-electron chi connectivity index (χ2n) is 7.35. The van der Waals surface area contributed by atoms with Crippen LogP contribution in [0.1, 0.15) is 43.2 Å². The second kappa shape index (κ2) is 11.8. The first-order chi connectivity index (χ1) is 13.2. The molecule has 0 bridgehead atoms. The van der Waals surface area contributed by atoms with Crippen LogP contribution in [0, 0.1) is 5.92 Å². The fourth-order valence-electron chi connectivity index (χ4n) is 3.49. The van der Waals surface area contributed by atoms with E-state index in [0.29, 0.717) is 12.6 Å². The summed E-state index contributed by atoms with van der Waals surface area (Å²) in [5.74, 6) is 1.71. The minimum Gasteiger partial charge on any atom is -0.357 e. The quantitative estimate of drug-likeness (QED) is 0.336. The average molecular weight is 516 g/mol. The van der Waals surface area contributed by atoms with Crippen LogP contribution < -0.4 is 10.6 Å². The molecule has 0 aromatic carbocycles. The lowest BCUT2D eigenvalue weighted by Crippen LogP contribution is -2.45. The van der Waals surface area contributed by atoms with Crippen molar-refractivity contribution in [2.45, 2.75) is 39.3 Å². The Balaban J connectivity index is 0.00000280. The minimum atomic E-state index is 0. The van der Waals surface area contributed by atoms with Crippen molar-refractivity contribution in [2.24, 2.45) is 18.0 Å². The number of halogens is 1. The zero-order valence-corrected chi connectivity index (χ0v) is 20.2. The number of nitrogens with zero attached hydrogens (tertiary/aromatic N) is 4. The number of thiophene rings is 1. The number of hydrogen-bond acceptors (Lipinski definition) is 4. The van der Waals surface area contributed by atoms with Crippen LogP contribution in [0.15, 0.2) is 34.9 Å². The molecule has 2 N–H and O–H groups in total. The summed E-state index contributed by atoms with van der Waals surface area (Å²) in [6.45, 7) is 9.17. The standard InChI is InChI=1S/C20H32N6S.HI/c1-4-21-20(22-12-17-13-24-25(3)15-17)23-14-18(19-6-5-11-27-19)26-9-7-16(2)8-10-26;/h5-6,11,13,15-16,18H,4,7-10,12,14H2,1-3H3,(H2,21,22,23);1H. The van der Waals surface area contributed by atoms with E-state index in [1.54, 1.807) is 0 Å². The molecule has 28 heavy (non-hydrogen) atoms. The van der Waals surface area contributed by atoms with Crippen molar-refractivity contribution >= 4 is 41.3 Å². The second-order valence-corrected chi connectivity index (χ2v) is 8.33. The van der Waals surface area contributed by atoms with Crippen LogP contribution in [-0.2, 0) is 13.6 Å². The SMILES string of the molecule is CCNC(=NCc1cnn(C)c1)NCC(c1cccs1)N1CCC(C)CC1.I. The van der Waals surface area contributed by atoms with Crippen molar-refractivity contribution in [2.75, 3.05) is 26.2 Å². The van der Waals surface area contributed by atoms with Crippen LogP contribution in [0.4, 0.5) is 0 Å². The Morgan fingerprint density at radius 1 is 1.36 bits per heavy atom. The first-order valence-electron chi connectivity index (χ1n) is 9.93. The molecule has 0 spiro atoms. The third-order valence-electron chi connectivity index (χ3n) is 5.12. The van der Waals surface area contributed by atoms with Gasteiger partial charge in [0.1, 0.15) is 0 Å². The van der Waals surface area contributed by atoms with E-state index in [1.807, 2.05) is 35.5 Å². The van der Waals surface area contributed by atoms with Crippen molar-refractivity contribution < 1.29 is 0 Å². The maximum absolute atomic E-state index is 4.73. The highest BCUT2D eigenvalue weighted by atomic mass is 127. The van der Waals surface area contributed by atoms with Gasteiger partial charge in [-0.2, -0.15) is 5.10 Å². The highest BCUT2D eigenvalue weighted by Gasteiger charge is 2.25. The molecule has 0 radical (unpaired) electrons. The van der Waals surface area contributed by atoms with Gasteiger partial charge in [-0.05, 0) is 50.2 Å². The Hall–Kier alpha value is -1.13. The summed E-state index contributed by atoms with van der Waals surface area (Å²) < 4.78 is 1.81. The van der Waals surface area contributed by atoms with Gasteiger partial charge in [0, 0.05) is 36.8 Å².